The fourth-order valence-corrected chi connectivity index (χ4v) is 4.48. The second-order valence-electron chi connectivity index (χ2n) is 8.10. The highest BCUT2D eigenvalue weighted by molar-refractivity contribution is 5.76. The largest absolute Gasteiger partial charge is 0.481 e. The second-order valence-corrected chi connectivity index (χ2v) is 8.10. The van der Waals surface area contributed by atoms with Gasteiger partial charge in [-0.3, -0.25) is 4.79 Å². The van der Waals surface area contributed by atoms with Crippen molar-refractivity contribution < 1.29 is 9.53 Å². The number of hydrogen-bond donors (Lipinski definition) is 1. The van der Waals surface area contributed by atoms with Gasteiger partial charge in [0, 0.05) is 50.2 Å². The highest BCUT2D eigenvalue weighted by Crippen LogP contribution is 2.36. The first-order valence-corrected chi connectivity index (χ1v) is 10.4. The van der Waals surface area contributed by atoms with Crippen LogP contribution in [0.2, 0.25) is 0 Å². The van der Waals surface area contributed by atoms with Crippen molar-refractivity contribution in [3.8, 4) is 5.88 Å². The lowest BCUT2D eigenvalue weighted by atomic mass is 10.0. The molecule has 27 heavy (non-hydrogen) atoms. The molecule has 1 aromatic rings. The van der Waals surface area contributed by atoms with Gasteiger partial charge in [0.2, 0.25) is 11.8 Å². The maximum absolute atomic E-state index is 11.8. The first kappa shape index (κ1) is 18.5. The Morgan fingerprint density at radius 1 is 1.15 bits per heavy atom. The average Bonchev–Trinajstić information content (AvgIpc) is 3.53. The SMILES string of the molecule is COc1cc(N(C2CC2)C2CCN(CC3CCCCC(=O)N3)CC2)ncn1. The first-order chi connectivity index (χ1) is 13.2. The zero-order valence-electron chi connectivity index (χ0n) is 16.3. The van der Waals surface area contributed by atoms with Gasteiger partial charge in [-0.2, -0.15) is 0 Å². The molecule has 7 heteroatoms. The molecule has 3 aliphatic rings. The van der Waals surface area contributed by atoms with Gasteiger partial charge in [-0.25, -0.2) is 9.97 Å². The summed E-state index contributed by atoms with van der Waals surface area (Å²) in [6, 6.07) is 3.42. The first-order valence-electron chi connectivity index (χ1n) is 10.4. The van der Waals surface area contributed by atoms with Crippen LogP contribution < -0.4 is 15.0 Å². The number of carbonyl (C=O) groups is 1. The van der Waals surface area contributed by atoms with Crippen LogP contribution in [0.15, 0.2) is 12.4 Å². The smallest absolute Gasteiger partial charge is 0.220 e. The number of anilines is 1. The van der Waals surface area contributed by atoms with E-state index in [9.17, 15) is 4.79 Å². The number of ether oxygens (including phenoxy) is 1. The molecule has 2 saturated heterocycles. The lowest BCUT2D eigenvalue weighted by Crippen LogP contribution is -2.50. The van der Waals surface area contributed by atoms with Crippen molar-refractivity contribution in [1.82, 2.24) is 20.2 Å². The van der Waals surface area contributed by atoms with Gasteiger partial charge in [-0.15, -0.1) is 0 Å². The zero-order valence-corrected chi connectivity index (χ0v) is 16.3. The monoisotopic (exact) mass is 373 g/mol. The van der Waals surface area contributed by atoms with Crippen molar-refractivity contribution in [1.29, 1.82) is 0 Å². The molecule has 7 nitrogen and oxygen atoms in total. The third kappa shape index (κ3) is 4.69. The molecule has 3 heterocycles. The van der Waals surface area contributed by atoms with Gasteiger partial charge in [-0.1, -0.05) is 6.42 Å². The molecule has 0 aromatic carbocycles. The van der Waals surface area contributed by atoms with Gasteiger partial charge < -0.3 is 19.9 Å². The molecule has 0 spiro atoms. The molecule has 2 aliphatic heterocycles. The number of carbonyl (C=O) groups excluding carboxylic acids is 1. The van der Waals surface area contributed by atoms with Crippen LogP contribution in [-0.2, 0) is 4.79 Å². The van der Waals surface area contributed by atoms with Crippen LogP contribution in [-0.4, -0.2) is 65.6 Å². The molecule has 1 N–H and O–H groups in total. The fraction of sp³-hybridized carbons (Fsp3) is 0.750. The Kier molecular flexibility index (Phi) is 5.76. The number of aromatic nitrogens is 2. The summed E-state index contributed by atoms with van der Waals surface area (Å²) in [6.45, 7) is 3.16. The molecular weight excluding hydrogens is 342 g/mol. The van der Waals surface area contributed by atoms with Crippen molar-refractivity contribution in [3.05, 3.63) is 12.4 Å². The minimum Gasteiger partial charge on any atom is -0.481 e. The van der Waals surface area contributed by atoms with E-state index in [-0.39, 0.29) is 5.91 Å². The maximum Gasteiger partial charge on any atom is 0.220 e. The van der Waals surface area contributed by atoms with E-state index < -0.39 is 0 Å². The summed E-state index contributed by atoms with van der Waals surface area (Å²) in [5.74, 6) is 1.86. The molecule has 3 fully saturated rings. The summed E-state index contributed by atoms with van der Waals surface area (Å²) in [5.41, 5.74) is 0. The Labute approximate surface area is 161 Å². The molecule has 148 valence electrons. The van der Waals surface area contributed by atoms with Crippen LogP contribution in [0.3, 0.4) is 0 Å². The number of amides is 1. The van der Waals surface area contributed by atoms with Crippen molar-refractivity contribution in [2.45, 2.75) is 69.5 Å². The van der Waals surface area contributed by atoms with Crippen LogP contribution in [0.5, 0.6) is 5.88 Å². The van der Waals surface area contributed by atoms with Crippen LogP contribution in [0.25, 0.3) is 0 Å². The average molecular weight is 374 g/mol. The number of rotatable bonds is 6. The molecule has 1 atom stereocenters. The molecule has 1 saturated carbocycles. The predicted molar refractivity (Wildman–Crippen MR) is 104 cm³/mol. The molecule has 4 rings (SSSR count). The number of likely N-dealkylation sites (tertiary alicyclic amines) is 1. The summed E-state index contributed by atoms with van der Waals surface area (Å²) in [5, 5.41) is 3.21. The summed E-state index contributed by atoms with van der Waals surface area (Å²) in [6.07, 6.45) is 10.4. The Morgan fingerprint density at radius 2 is 1.93 bits per heavy atom. The Balaban J connectivity index is 1.35. The van der Waals surface area contributed by atoms with Gasteiger partial charge in [0.05, 0.1) is 7.11 Å². The fourth-order valence-electron chi connectivity index (χ4n) is 4.48. The molecule has 1 aliphatic carbocycles. The lowest BCUT2D eigenvalue weighted by Gasteiger charge is -2.40. The zero-order chi connectivity index (χ0) is 18.6. The highest BCUT2D eigenvalue weighted by Gasteiger charge is 2.37. The van der Waals surface area contributed by atoms with Crippen LogP contribution >= 0.6 is 0 Å². The molecule has 1 aromatic heterocycles. The molecule has 0 bridgehead atoms. The van der Waals surface area contributed by atoms with Gasteiger partial charge in [0.1, 0.15) is 12.1 Å². The highest BCUT2D eigenvalue weighted by atomic mass is 16.5. The number of nitrogens with one attached hydrogen (secondary N) is 1. The number of nitrogens with zero attached hydrogens (tertiary/aromatic N) is 4. The van der Waals surface area contributed by atoms with E-state index in [1.165, 1.54) is 12.8 Å². The molecule has 1 amide bonds. The van der Waals surface area contributed by atoms with Gasteiger partial charge in [-0.05, 0) is 38.5 Å². The topological polar surface area (TPSA) is 70.6 Å². The summed E-state index contributed by atoms with van der Waals surface area (Å²) in [7, 11) is 1.65. The summed E-state index contributed by atoms with van der Waals surface area (Å²) < 4.78 is 5.29. The molecule has 1 unspecified atom stereocenters. The third-order valence-electron chi connectivity index (χ3n) is 6.04. The third-order valence-corrected chi connectivity index (χ3v) is 6.04. The quantitative estimate of drug-likeness (QED) is 0.822. The van der Waals surface area contributed by atoms with E-state index in [1.54, 1.807) is 13.4 Å². The number of methoxy groups -OCH3 is 1. The van der Waals surface area contributed by atoms with Crippen molar-refractivity contribution in [2.24, 2.45) is 0 Å². The van der Waals surface area contributed by atoms with Crippen LogP contribution in [0, 0.1) is 0 Å². The second kappa shape index (κ2) is 8.42. The van der Waals surface area contributed by atoms with Gasteiger partial charge >= 0.3 is 0 Å². The Morgan fingerprint density at radius 3 is 2.67 bits per heavy atom. The normalized spacial score (nSPS) is 24.9. The number of piperidine rings is 1. The van der Waals surface area contributed by atoms with E-state index in [0.29, 0.717) is 30.4 Å². The lowest BCUT2D eigenvalue weighted by molar-refractivity contribution is -0.121. The Bertz CT molecular complexity index is 643. The van der Waals surface area contributed by atoms with E-state index in [4.69, 9.17) is 4.74 Å². The minimum absolute atomic E-state index is 0.227. The predicted octanol–water partition coefficient (Wildman–Crippen LogP) is 1.98. The van der Waals surface area contributed by atoms with Crippen molar-refractivity contribution in [3.63, 3.8) is 0 Å². The van der Waals surface area contributed by atoms with Crippen molar-refractivity contribution in [2.75, 3.05) is 31.6 Å². The van der Waals surface area contributed by atoms with E-state index in [1.807, 2.05) is 6.07 Å². The minimum atomic E-state index is 0.227. The van der Waals surface area contributed by atoms with Gasteiger partial charge in [0.25, 0.3) is 0 Å². The Hall–Kier alpha value is -1.89. The van der Waals surface area contributed by atoms with E-state index in [2.05, 4.69) is 25.1 Å². The molecular formula is C20H31N5O2. The summed E-state index contributed by atoms with van der Waals surface area (Å²) in [4.78, 5) is 25.5. The van der Waals surface area contributed by atoms with Crippen LogP contribution in [0.4, 0.5) is 5.82 Å². The maximum atomic E-state index is 11.8. The van der Waals surface area contributed by atoms with E-state index >= 15 is 0 Å². The van der Waals surface area contributed by atoms with E-state index in [0.717, 1.165) is 57.6 Å². The summed E-state index contributed by atoms with van der Waals surface area (Å²) >= 11 is 0. The van der Waals surface area contributed by atoms with Crippen molar-refractivity contribution >= 4 is 11.7 Å². The molecule has 0 radical (unpaired) electrons. The number of hydrogen-bond acceptors (Lipinski definition) is 6. The van der Waals surface area contributed by atoms with Gasteiger partial charge in [0.15, 0.2) is 0 Å². The van der Waals surface area contributed by atoms with Crippen LogP contribution in [0.1, 0.15) is 51.4 Å². The standard InChI is InChI=1S/C20H31N5O2/c1-27-20-12-18(21-14-22-20)25(16-6-7-16)17-8-10-24(11-9-17)13-15-4-2-3-5-19(26)23-15/h12,14-17H,2-11,13H2,1H3,(H,23,26).